The van der Waals surface area contributed by atoms with Crippen LogP contribution >= 0.6 is 0 Å². The molecule has 0 radical (unpaired) electrons. The van der Waals surface area contributed by atoms with E-state index in [0.29, 0.717) is 17.4 Å². The zero-order chi connectivity index (χ0) is 14.6. The van der Waals surface area contributed by atoms with Crippen molar-refractivity contribution in [2.45, 2.75) is 30.7 Å². The van der Waals surface area contributed by atoms with E-state index in [1.54, 1.807) is 18.2 Å². The molecular weight excluding hydrogens is 276 g/mol. The number of hydrogen-bond donors (Lipinski definition) is 1. The molecule has 1 aliphatic carbocycles. The van der Waals surface area contributed by atoms with Crippen molar-refractivity contribution in [2.24, 2.45) is 5.41 Å². The fourth-order valence-electron chi connectivity index (χ4n) is 2.47. The van der Waals surface area contributed by atoms with Gasteiger partial charge in [0.05, 0.1) is 12.3 Å². The van der Waals surface area contributed by atoms with Crippen molar-refractivity contribution in [3.8, 4) is 6.07 Å². The second-order valence-electron chi connectivity index (χ2n) is 5.78. The predicted molar refractivity (Wildman–Crippen MR) is 73.3 cm³/mol. The van der Waals surface area contributed by atoms with E-state index < -0.39 is 15.6 Å². The van der Waals surface area contributed by atoms with Crippen molar-refractivity contribution in [1.82, 2.24) is 4.72 Å². The van der Waals surface area contributed by atoms with Crippen molar-refractivity contribution in [2.75, 3.05) is 0 Å². The van der Waals surface area contributed by atoms with Crippen LogP contribution in [0.1, 0.15) is 20.3 Å². The van der Waals surface area contributed by atoms with Crippen LogP contribution < -0.4 is 4.72 Å². The molecule has 3 rings (SSSR count). The Bertz CT molecular complexity index is 829. The minimum atomic E-state index is -3.80. The van der Waals surface area contributed by atoms with E-state index in [0.717, 1.165) is 0 Å². The highest BCUT2D eigenvalue weighted by atomic mass is 32.2. The molecule has 1 atom stereocenters. The van der Waals surface area contributed by atoms with Gasteiger partial charge in [0.2, 0.25) is 10.0 Å². The van der Waals surface area contributed by atoms with E-state index in [-0.39, 0.29) is 10.3 Å². The summed E-state index contributed by atoms with van der Waals surface area (Å²) in [6, 6.07) is 8.71. The Morgan fingerprint density at radius 1 is 1.35 bits per heavy atom. The molecule has 1 unspecified atom stereocenters. The molecule has 1 aromatic carbocycles. The van der Waals surface area contributed by atoms with Gasteiger partial charge in [0.1, 0.15) is 10.4 Å². The van der Waals surface area contributed by atoms with Gasteiger partial charge in [-0.25, -0.2) is 8.42 Å². The lowest BCUT2D eigenvalue weighted by atomic mass is 10.1. The molecule has 2 aromatic rings. The van der Waals surface area contributed by atoms with E-state index in [4.69, 9.17) is 4.42 Å². The summed E-state index contributed by atoms with van der Waals surface area (Å²) in [5.41, 5.74) is -1.07. The van der Waals surface area contributed by atoms with Gasteiger partial charge < -0.3 is 4.42 Å². The molecule has 1 fully saturated rings. The number of nitrogens with zero attached hydrogens (tertiary/aromatic N) is 1. The van der Waals surface area contributed by atoms with Crippen LogP contribution in [0.2, 0.25) is 0 Å². The zero-order valence-corrected chi connectivity index (χ0v) is 12.0. The lowest BCUT2D eigenvalue weighted by molar-refractivity contribution is 0.512. The van der Waals surface area contributed by atoms with E-state index in [1.807, 2.05) is 13.8 Å². The number of furan rings is 1. The van der Waals surface area contributed by atoms with Crippen molar-refractivity contribution >= 4 is 21.0 Å². The van der Waals surface area contributed by atoms with E-state index in [1.165, 1.54) is 12.3 Å². The van der Waals surface area contributed by atoms with Crippen LogP contribution in [0.25, 0.3) is 11.0 Å². The Hall–Kier alpha value is -1.84. The molecule has 104 valence electrons. The van der Waals surface area contributed by atoms with Crippen LogP contribution in [0.3, 0.4) is 0 Å². The third-order valence-electron chi connectivity index (χ3n) is 3.97. The molecular formula is C14H14N2O3S. The number of benzene rings is 1. The molecule has 0 bridgehead atoms. The molecule has 1 aliphatic rings. The van der Waals surface area contributed by atoms with Gasteiger partial charge in [0.25, 0.3) is 0 Å². The van der Waals surface area contributed by atoms with Crippen LogP contribution in [0.15, 0.2) is 39.8 Å². The van der Waals surface area contributed by atoms with Crippen LogP contribution in [0.5, 0.6) is 0 Å². The number of fused-ring (bicyclic) bond motifs is 1. The average Bonchev–Trinajstić information content (AvgIpc) is 2.77. The second kappa shape index (κ2) is 3.84. The molecule has 1 N–H and O–H groups in total. The second-order valence-corrected chi connectivity index (χ2v) is 7.43. The van der Waals surface area contributed by atoms with Gasteiger partial charge in [-0.3, -0.25) is 0 Å². The van der Waals surface area contributed by atoms with E-state index in [2.05, 4.69) is 10.8 Å². The summed E-state index contributed by atoms with van der Waals surface area (Å²) in [6.45, 7) is 3.73. The van der Waals surface area contributed by atoms with Crippen LogP contribution in [-0.4, -0.2) is 14.0 Å². The normalized spacial score (nSPS) is 24.4. The molecule has 1 aromatic heterocycles. The minimum absolute atomic E-state index is 0.0670. The van der Waals surface area contributed by atoms with Gasteiger partial charge in [0, 0.05) is 10.8 Å². The lowest BCUT2D eigenvalue weighted by Gasteiger charge is -2.14. The first-order valence-corrected chi connectivity index (χ1v) is 7.71. The standard InChI is InChI=1S/C14H14N2O3S/c1-13(2)8-14(13,9-15)16-20(17,18)11-5-3-4-10-6-7-19-12(10)11/h3-7,16H,8H2,1-2H3. The van der Waals surface area contributed by atoms with Crippen LogP contribution in [-0.2, 0) is 10.0 Å². The molecule has 1 heterocycles. The first kappa shape index (κ1) is 13.2. The van der Waals surface area contributed by atoms with Gasteiger partial charge in [-0.1, -0.05) is 26.0 Å². The first-order valence-electron chi connectivity index (χ1n) is 6.23. The van der Waals surface area contributed by atoms with Gasteiger partial charge >= 0.3 is 0 Å². The van der Waals surface area contributed by atoms with Crippen LogP contribution in [0.4, 0.5) is 0 Å². The summed E-state index contributed by atoms with van der Waals surface area (Å²) in [5.74, 6) is 0. The Balaban J connectivity index is 2.06. The SMILES string of the molecule is CC1(C)CC1(C#N)NS(=O)(=O)c1cccc2ccoc12. The molecule has 0 aliphatic heterocycles. The lowest BCUT2D eigenvalue weighted by Crippen LogP contribution is -2.39. The predicted octanol–water partition coefficient (Wildman–Crippen LogP) is 2.40. The number of nitrogens with one attached hydrogen (secondary N) is 1. The molecule has 0 amide bonds. The first-order chi connectivity index (χ1) is 9.31. The number of sulfonamides is 1. The molecule has 6 heteroatoms. The average molecular weight is 290 g/mol. The van der Waals surface area contributed by atoms with Crippen LogP contribution in [0, 0.1) is 16.7 Å². The maximum absolute atomic E-state index is 12.5. The maximum atomic E-state index is 12.5. The summed E-state index contributed by atoms with van der Waals surface area (Å²) in [6.07, 6.45) is 1.95. The fourth-order valence-corrected chi connectivity index (χ4v) is 4.10. The fraction of sp³-hybridized carbons (Fsp3) is 0.357. The summed E-state index contributed by atoms with van der Waals surface area (Å²) in [5, 5.41) is 9.99. The number of hydrogen-bond acceptors (Lipinski definition) is 4. The molecule has 0 saturated heterocycles. The van der Waals surface area contributed by atoms with Crippen molar-refractivity contribution in [3.63, 3.8) is 0 Å². The monoisotopic (exact) mass is 290 g/mol. The highest BCUT2D eigenvalue weighted by Crippen LogP contribution is 2.55. The Kier molecular flexibility index (Phi) is 2.53. The topological polar surface area (TPSA) is 83.1 Å². The van der Waals surface area contributed by atoms with Gasteiger partial charge in [0.15, 0.2) is 5.58 Å². The summed E-state index contributed by atoms with van der Waals surface area (Å²) < 4.78 is 32.8. The summed E-state index contributed by atoms with van der Waals surface area (Å²) in [4.78, 5) is 0.0670. The minimum Gasteiger partial charge on any atom is -0.463 e. The van der Waals surface area contributed by atoms with Gasteiger partial charge in [-0.05, 0) is 18.6 Å². The Morgan fingerprint density at radius 2 is 2.05 bits per heavy atom. The summed E-state index contributed by atoms with van der Waals surface area (Å²) in [7, 11) is -3.80. The Morgan fingerprint density at radius 3 is 2.65 bits per heavy atom. The zero-order valence-electron chi connectivity index (χ0n) is 11.2. The molecule has 0 spiro atoms. The molecule has 5 nitrogen and oxygen atoms in total. The van der Waals surface area contributed by atoms with Crippen molar-refractivity contribution in [1.29, 1.82) is 5.26 Å². The highest BCUT2D eigenvalue weighted by molar-refractivity contribution is 7.89. The quantitative estimate of drug-likeness (QED) is 0.940. The number of rotatable bonds is 3. The number of nitriles is 1. The van der Waals surface area contributed by atoms with Crippen molar-refractivity contribution in [3.05, 3.63) is 30.5 Å². The smallest absolute Gasteiger partial charge is 0.245 e. The molecule has 20 heavy (non-hydrogen) atoms. The largest absolute Gasteiger partial charge is 0.463 e. The third kappa shape index (κ3) is 1.74. The van der Waals surface area contributed by atoms with Crippen molar-refractivity contribution < 1.29 is 12.8 Å². The van der Waals surface area contributed by atoms with E-state index >= 15 is 0 Å². The van der Waals surface area contributed by atoms with Gasteiger partial charge in [-0.2, -0.15) is 9.98 Å². The molecule has 1 saturated carbocycles. The third-order valence-corrected chi connectivity index (χ3v) is 5.49. The van der Waals surface area contributed by atoms with Gasteiger partial charge in [-0.15, -0.1) is 0 Å². The summed E-state index contributed by atoms with van der Waals surface area (Å²) >= 11 is 0. The van der Waals surface area contributed by atoms with E-state index in [9.17, 15) is 13.7 Å². The highest BCUT2D eigenvalue weighted by Gasteiger charge is 2.64. The number of para-hydroxylation sites is 1. The maximum Gasteiger partial charge on any atom is 0.245 e. The Labute approximate surface area is 117 Å².